The van der Waals surface area contributed by atoms with Crippen LogP contribution in [0.1, 0.15) is 40.8 Å². The molecule has 0 aromatic carbocycles. The number of hydrogen-bond acceptors (Lipinski definition) is 5. The number of carbonyl (C=O) groups is 1. The molecule has 1 fully saturated rings. The van der Waals surface area contributed by atoms with E-state index in [1.165, 1.54) is 12.8 Å². The highest BCUT2D eigenvalue weighted by molar-refractivity contribution is 5.92. The van der Waals surface area contributed by atoms with Crippen LogP contribution in [0.25, 0.3) is 0 Å². The second-order valence-electron chi connectivity index (χ2n) is 6.48. The fourth-order valence-corrected chi connectivity index (χ4v) is 3.29. The van der Waals surface area contributed by atoms with Crippen molar-refractivity contribution < 1.29 is 9.53 Å². The molecule has 1 aliphatic heterocycles. The first-order valence-electron chi connectivity index (χ1n) is 8.41. The Labute approximate surface area is 140 Å². The Kier molecular flexibility index (Phi) is 4.02. The number of carbonyl (C=O) groups excluding carboxylic acids is 1. The summed E-state index contributed by atoms with van der Waals surface area (Å²) in [5.41, 5.74) is 2.47. The molecule has 7 heteroatoms. The molecule has 2 aromatic rings. The summed E-state index contributed by atoms with van der Waals surface area (Å²) in [6.45, 7) is 1.98. The van der Waals surface area contributed by atoms with Crippen molar-refractivity contribution in [1.29, 1.82) is 0 Å². The Bertz CT molecular complexity index is 726. The lowest BCUT2D eigenvalue weighted by molar-refractivity contribution is 0.0485. The fraction of sp³-hybridized carbons (Fsp3) is 0.529. The molecule has 1 amide bonds. The molecule has 126 valence electrons. The largest absolute Gasteiger partial charge is 0.382 e. The lowest BCUT2D eigenvalue weighted by Crippen LogP contribution is -2.42. The number of nitrogens with zero attached hydrogens (tertiary/aromatic N) is 5. The van der Waals surface area contributed by atoms with Crippen molar-refractivity contribution in [2.24, 2.45) is 5.92 Å². The van der Waals surface area contributed by atoms with Crippen LogP contribution >= 0.6 is 0 Å². The van der Waals surface area contributed by atoms with Gasteiger partial charge in [-0.25, -0.2) is 4.68 Å². The van der Waals surface area contributed by atoms with Crippen LogP contribution in [0.3, 0.4) is 0 Å². The van der Waals surface area contributed by atoms with Crippen molar-refractivity contribution in [1.82, 2.24) is 24.9 Å². The number of fused-ring (bicyclic) bond motifs is 1. The molecule has 7 nitrogen and oxygen atoms in total. The quantitative estimate of drug-likeness (QED) is 0.831. The van der Waals surface area contributed by atoms with Gasteiger partial charge < -0.3 is 9.64 Å². The minimum absolute atomic E-state index is 0.0833. The van der Waals surface area contributed by atoms with Gasteiger partial charge in [0.2, 0.25) is 0 Å². The predicted molar refractivity (Wildman–Crippen MR) is 86.3 cm³/mol. The molecule has 0 bridgehead atoms. The second kappa shape index (κ2) is 6.32. The first-order chi connectivity index (χ1) is 11.8. The maximum absolute atomic E-state index is 12.8. The molecular formula is C17H21N5O2. The summed E-state index contributed by atoms with van der Waals surface area (Å²) in [5, 5.41) is 8.72. The van der Waals surface area contributed by atoms with Crippen molar-refractivity contribution in [3.05, 3.63) is 41.5 Å². The Hall–Kier alpha value is -2.28. The number of rotatable bonds is 5. The van der Waals surface area contributed by atoms with Crippen LogP contribution < -0.4 is 0 Å². The molecule has 0 saturated heterocycles. The molecule has 0 spiro atoms. The van der Waals surface area contributed by atoms with Gasteiger partial charge in [-0.3, -0.25) is 9.78 Å². The molecule has 0 radical (unpaired) electrons. The zero-order valence-electron chi connectivity index (χ0n) is 13.8. The van der Waals surface area contributed by atoms with Crippen LogP contribution in [0.2, 0.25) is 0 Å². The normalized spacial score (nSPS) is 20.0. The summed E-state index contributed by atoms with van der Waals surface area (Å²) >= 11 is 0. The summed E-state index contributed by atoms with van der Waals surface area (Å²) in [7, 11) is 1.65. The molecule has 1 saturated carbocycles. The molecule has 2 aromatic heterocycles. The third kappa shape index (κ3) is 2.80. The lowest BCUT2D eigenvalue weighted by atomic mass is 10.0. The minimum Gasteiger partial charge on any atom is -0.382 e. The van der Waals surface area contributed by atoms with Crippen LogP contribution in [-0.4, -0.2) is 51.0 Å². The summed E-state index contributed by atoms with van der Waals surface area (Å²) in [4.78, 5) is 18.8. The molecule has 4 rings (SSSR count). The van der Waals surface area contributed by atoms with Crippen molar-refractivity contribution in [2.45, 2.75) is 31.8 Å². The molecule has 2 aliphatic rings. The highest BCUT2D eigenvalue weighted by Gasteiger charge is 2.36. The van der Waals surface area contributed by atoms with Gasteiger partial charge in [0.05, 0.1) is 12.3 Å². The monoisotopic (exact) mass is 327 g/mol. The molecule has 24 heavy (non-hydrogen) atoms. The number of aromatic nitrogens is 4. The number of ether oxygens (including phenoxy) is 1. The van der Waals surface area contributed by atoms with Gasteiger partial charge >= 0.3 is 0 Å². The maximum Gasteiger partial charge on any atom is 0.273 e. The van der Waals surface area contributed by atoms with E-state index in [0.29, 0.717) is 18.8 Å². The number of pyridine rings is 1. The summed E-state index contributed by atoms with van der Waals surface area (Å²) < 4.78 is 7.39. The van der Waals surface area contributed by atoms with E-state index < -0.39 is 0 Å². The number of hydrogen-bond donors (Lipinski definition) is 0. The van der Waals surface area contributed by atoms with Crippen LogP contribution in [-0.2, 0) is 17.7 Å². The lowest BCUT2D eigenvalue weighted by Gasteiger charge is -2.34. The Morgan fingerprint density at radius 1 is 1.38 bits per heavy atom. The zero-order chi connectivity index (χ0) is 16.5. The maximum atomic E-state index is 12.8. The van der Waals surface area contributed by atoms with Gasteiger partial charge in [0.1, 0.15) is 17.4 Å². The minimum atomic E-state index is -0.207. The van der Waals surface area contributed by atoms with E-state index in [0.717, 1.165) is 30.3 Å². The van der Waals surface area contributed by atoms with Gasteiger partial charge in [-0.15, -0.1) is 5.10 Å². The molecule has 1 aliphatic carbocycles. The van der Waals surface area contributed by atoms with Crippen LogP contribution in [0.15, 0.2) is 24.4 Å². The molecule has 0 unspecified atom stereocenters. The molecular weight excluding hydrogens is 306 g/mol. The SMILES string of the molecule is COC[C@@H]1c2nnn(CC3CC3)c2CCN1C(=O)c1ccccn1. The van der Waals surface area contributed by atoms with Crippen molar-refractivity contribution in [2.75, 3.05) is 20.3 Å². The van der Waals surface area contributed by atoms with E-state index in [1.54, 1.807) is 25.4 Å². The van der Waals surface area contributed by atoms with E-state index in [1.807, 2.05) is 15.6 Å². The third-order valence-corrected chi connectivity index (χ3v) is 4.75. The van der Waals surface area contributed by atoms with Crippen LogP contribution in [0, 0.1) is 5.92 Å². The van der Waals surface area contributed by atoms with Gasteiger partial charge in [-0.1, -0.05) is 11.3 Å². The fourth-order valence-electron chi connectivity index (χ4n) is 3.29. The summed E-state index contributed by atoms with van der Waals surface area (Å²) in [5.74, 6) is 0.657. The highest BCUT2D eigenvalue weighted by Crippen LogP contribution is 2.33. The summed E-state index contributed by atoms with van der Waals surface area (Å²) in [6, 6.07) is 5.17. The Morgan fingerprint density at radius 3 is 2.96 bits per heavy atom. The van der Waals surface area contributed by atoms with E-state index in [-0.39, 0.29) is 11.9 Å². The first-order valence-corrected chi connectivity index (χ1v) is 8.41. The number of amides is 1. The molecule has 0 N–H and O–H groups in total. The first kappa shape index (κ1) is 15.3. The topological polar surface area (TPSA) is 73.1 Å². The standard InChI is InChI=1S/C17H21N5O2/c1-24-11-15-16-14(22(20-19-16)10-12-5-6-12)7-9-21(15)17(23)13-4-2-3-8-18-13/h2-4,8,12,15H,5-7,9-11H2,1H3/t15-/m1/s1. The van der Waals surface area contributed by atoms with Gasteiger partial charge in [0.15, 0.2) is 0 Å². The molecule has 3 heterocycles. The third-order valence-electron chi connectivity index (χ3n) is 4.75. The molecule has 1 atom stereocenters. The van der Waals surface area contributed by atoms with Crippen molar-refractivity contribution in [3.8, 4) is 0 Å². The van der Waals surface area contributed by atoms with E-state index >= 15 is 0 Å². The average molecular weight is 327 g/mol. The Balaban J connectivity index is 1.62. The van der Waals surface area contributed by atoms with Gasteiger partial charge in [0.25, 0.3) is 5.91 Å². The van der Waals surface area contributed by atoms with E-state index in [9.17, 15) is 4.79 Å². The summed E-state index contributed by atoms with van der Waals surface area (Å²) in [6.07, 6.45) is 4.97. The van der Waals surface area contributed by atoms with Crippen LogP contribution in [0.4, 0.5) is 0 Å². The Morgan fingerprint density at radius 2 is 2.25 bits per heavy atom. The predicted octanol–water partition coefficient (Wildman–Crippen LogP) is 1.47. The van der Waals surface area contributed by atoms with E-state index in [2.05, 4.69) is 15.3 Å². The van der Waals surface area contributed by atoms with Crippen LogP contribution in [0.5, 0.6) is 0 Å². The van der Waals surface area contributed by atoms with Crippen molar-refractivity contribution in [3.63, 3.8) is 0 Å². The van der Waals surface area contributed by atoms with E-state index in [4.69, 9.17) is 4.74 Å². The van der Waals surface area contributed by atoms with Gasteiger partial charge in [-0.2, -0.15) is 0 Å². The van der Waals surface area contributed by atoms with Crippen molar-refractivity contribution >= 4 is 5.91 Å². The van der Waals surface area contributed by atoms with Gasteiger partial charge in [-0.05, 0) is 30.9 Å². The van der Waals surface area contributed by atoms with Gasteiger partial charge in [0, 0.05) is 32.8 Å². The highest BCUT2D eigenvalue weighted by atomic mass is 16.5. The zero-order valence-corrected chi connectivity index (χ0v) is 13.8. The smallest absolute Gasteiger partial charge is 0.273 e. The number of methoxy groups -OCH3 is 1. The second-order valence-corrected chi connectivity index (χ2v) is 6.48. The average Bonchev–Trinajstić information content (AvgIpc) is 3.34.